The molecule has 5 heteroatoms. The minimum absolute atomic E-state index is 0.788. The van der Waals surface area contributed by atoms with E-state index in [1.165, 1.54) is 199 Å². The lowest BCUT2D eigenvalue weighted by Crippen LogP contribution is -2.26. The van der Waals surface area contributed by atoms with Crippen LogP contribution in [-0.4, -0.2) is 58.9 Å². The van der Waals surface area contributed by atoms with Crippen molar-refractivity contribution in [2.24, 2.45) is 5.73 Å². The second kappa shape index (κ2) is 46.6. The highest BCUT2D eigenvalue weighted by Crippen LogP contribution is 2.16. The van der Waals surface area contributed by atoms with Gasteiger partial charge in [0.1, 0.15) is 0 Å². The van der Waals surface area contributed by atoms with Crippen LogP contribution in [0.25, 0.3) is 0 Å². The molecule has 6 N–H and O–H groups in total. The van der Waals surface area contributed by atoms with Crippen molar-refractivity contribution in [3.8, 4) is 0 Å². The summed E-state index contributed by atoms with van der Waals surface area (Å²) in [6, 6.07) is 0. The number of rotatable bonds is 45. The molecule has 0 heterocycles. The van der Waals surface area contributed by atoms with Crippen molar-refractivity contribution in [1.82, 2.24) is 21.3 Å². The zero-order valence-corrected chi connectivity index (χ0v) is 34.6. The zero-order chi connectivity index (χ0) is 36.1. The summed E-state index contributed by atoms with van der Waals surface area (Å²) in [5.41, 5.74) is 7.21. The fourth-order valence-electron chi connectivity index (χ4n) is 6.95. The molecule has 0 aromatic carbocycles. The fraction of sp³-hybridized carbons (Fsp3) is 0.956. The van der Waals surface area contributed by atoms with Gasteiger partial charge in [0, 0.05) is 6.54 Å². The molecule has 0 saturated heterocycles. The van der Waals surface area contributed by atoms with Crippen LogP contribution in [0, 0.1) is 0 Å². The van der Waals surface area contributed by atoms with Crippen molar-refractivity contribution >= 4 is 0 Å². The minimum Gasteiger partial charge on any atom is -0.330 e. The normalized spacial score (nSPS) is 12.0. The van der Waals surface area contributed by atoms with Crippen LogP contribution in [0.2, 0.25) is 0 Å². The molecule has 0 aliphatic rings. The Labute approximate surface area is 316 Å². The third-order valence-electron chi connectivity index (χ3n) is 10.4. The molecule has 300 valence electrons. The Hall–Kier alpha value is -0.460. The molecule has 0 aliphatic carbocycles. The Bertz CT molecular complexity index is 625. The van der Waals surface area contributed by atoms with Crippen LogP contribution in [0.4, 0.5) is 0 Å². The molecule has 0 aromatic heterocycles. The maximum absolute atomic E-state index is 5.53. The Morgan fingerprint density at radius 2 is 0.700 bits per heavy atom. The number of unbranched alkanes of at least 4 members (excludes halogenated alkanes) is 25. The van der Waals surface area contributed by atoms with Crippen LogP contribution in [0.5, 0.6) is 0 Å². The summed E-state index contributed by atoms with van der Waals surface area (Å²) in [5.74, 6) is 0. The van der Waals surface area contributed by atoms with E-state index >= 15 is 0 Å². The number of nitrogens with one attached hydrogen (secondary N) is 4. The van der Waals surface area contributed by atoms with Gasteiger partial charge in [-0.05, 0) is 110 Å². The predicted octanol–water partition coefficient (Wildman–Crippen LogP) is 11.8. The predicted molar refractivity (Wildman–Crippen MR) is 228 cm³/mol. The molecule has 0 rings (SSSR count). The van der Waals surface area contributed by atoms with Crippen molar-refractivity contribution < 1.29 is 0 Å². The van der Waals surface area contributed by atoms with E-state index in [0.29, 0.717) is 0 Å². The lowest BCUT2D eigenvalue weighted by atomic mass is 10.0. The van der Waals surface area contributed by atoms with E-state index in [1.54, 1.807) is 5.57 Å². The van der Waals surface area contributed by atoms with Crippen molar-refractivity contribution in [2.75, 3.05) is 58.9 Å². The Morgan fingerprint density at radius 1 is 0.360 bits per heavy atom. The lowest BCUT2D eigenvalue weighted by molar-refractivity contribution is 0.538. The largest absolute Gasteiger partial charge is 0.330 e. The highest BCUT2D eigenvalue weighted by molar-refractivity contribution is 5.04. The fourth-order valence-corrected chi connectivity index (χ4v) is 6.95. The molecule has 0 aromatic rings. The summed E-state index contributed by atoms with van der Waals surface area (Å²) < 4.78 is 0. The van der Waals surface area contributed by atoms with Gasteiger partial charge < -0.3 is 27.0 Å². The molecule has 0 fully saturated rings. The topological polar surface area (TPSA) is 74.1 Å². The Morgan fingerprint density at radius 3 is 1.12 bits per heavy atom. The van der Waals surface area contributed by atoms with E-state index in [2.05, 4.69) is 41.2 Å². The molecule has 0 radical (unpaired) electrons. The van der Waals surface area contributed by atoms with Crippen molar-refractivity contribution in [3.05, 3.63) is 11.6 Å². The van der Waals surface area contributed by atoms with Gasteiger partial charge >= 0.3 is 0 Å². The molecule has 0 aliphatic heterocycles. The quantitative estimate of drug-likeness (QED) is 0.0322. The number of allylic oxidation sites excluding steroid dienone is 1. The summed E-state index contributed by atoms with van der Waals surface area (Å²) >= 11 is 0. The lowest BCUT2D eigenvalue weighted by Gasteiger charge is -2.11. The van der Waals surface area contributed by atoms with E-state index in [4.69, 9.17) is 5.73 Å². The zero-order valence-electron chi connectivity index (χ0n) is 34.6. The SMILES string of the molecule is CCCCCCCCCCCCCCC/C=C(/CCCCCCCCCCCCCC)CNCCCNCCCNCCCCNCCCN. The molecule has 0 saturated carbocycles. The highest BCUT2D eigenvalue weighted by Gasteiger charge is 2.01. The van der Waals surface area contributed by atoms with Crippen LogP contribution in [0.15, 0.2) is 11.6 Å². The van der Waals surface area contributed by atoms with E-state index in [9.17, 15) is 0 Å². The van der Waals surface area contributed by atoms with Crippen molar-refractivity contribution in [2.45, 2.75) is 219 Å². The standard InChI is InChI=1S/C45H95N5/c1-3-5-7-9-11-13-15-17-18-20-22-24-26-28-35-45(34-27-25-23-21-19-16-14-12-10-8-6-4-2)44-50-43-33-42-49-41-32-40-48-38-30-29-37-47-39-31-36-46/h35,47-50H,3-34,36-44,46H2,1-2H3/b45-35-. The third kappa shape index (κ3) is 43.7. The average Bonchev–Trinajstić information content (AvgIpc) is 3.13. The van der Waals surface area contributed by atoms with Gasteiger partial charge in [-0.25, -0.2) is 0 Å². The molecule has 0 amide bonds. The first-order chi connectivity index (χ1) is 24.8. The smallest absolute Gasteiger partial charge is 0.0164 e. The second-order valence-electron chi connectivity index (χ2n) is 15.5. The summed E-state index contributed by atoms with van der Waals surface area (Å²) in [6.45, 7) is 14.3. The van der Waals surface area contributed by atoms with Gasteiger partial charge in [0.15, 0.2) is 0 Å². The summed E-state index contributed by atoms with van der Waals surface area (Å²) in [7, 11) is 0. The first-order valence-corrected chi connectivity index (χ1v) is 23.1. The molecule has 0 atom stereocenters. The maximum Gasteiger partial charge on any atom is 0.0164 e. The maximum atomic E-state index is 5.53. The third-order valence-corrected chi connectivity index (χ3v) is 10.4. The highest BCUT2D eigenvalue weighted by atomic mass is 14.9. The molecule has 0 bridgehead atoms. The molecule has 50 heavy (non-hydrogen) atoms. The molecule has 0 unspecified atom stereocenters. The van der Waals surface area contributed by atoms with E-state index in [0.717, 1.165) is 65.3 Å². The molecular weight excluding hydrogens is 611 g/mol. The first-order valence-electron chi connectivity index (χ1n) is 23.1. The van der Waals surface area contributed by atoms with Gasteiger partial charge in [-0.3, -0.25) is 0 Å². The Kier molecular flexibility index (Phi) is 46.1. The average molecular weight is 706 g/mol. The summed E-state index contributed by atoms with van der Waals surface area (Å²) in [5, 5.41) is 14.5. The molecular formula is C45H95N5. The van der Waals surface area contributed by atoms with Crippen LogP contribution in [0.1, 0.15) is 219 Å². The van der Waals surface area contributed by atoms with Crippen LogP contribution in [0.3, 0.4) is 0 Å². The molecule has 5 nitrogen and oxygen atoms in total. The van der Waals surface area contributed by atoms with E-state index < -0.39 is 0 Å². The number of hydrogen-bond donors (Lipinski definition) is 5. The minimum atomic E-state index is 0.788. The van der Waals surface area contributed by atoms with Crippen molar-refractivity contribution in [1.29, 1.82) is 0 Å². The van der Waals surface area contributed by atoms with Gasteiger partial charge in [-0.15, -0.1) is 0 Å². The van der Waals surface area contributed by atoms with E-state index in [-0.39, 0.29) is 0 Å². The Balaban J connectivity index is 3.97. The summed E-state index contributed by atoms with van der Waals surface area (Å²) in [6.07, 6.45) is 47.1. The number of hydrogen-bond acceptors (Lipinski definition) is 5. The van der Waals surface area contributed by atoms with Gasteiger partial charge in [0.05, 0.1) is 0 Å². The first kappa shape index (κ1) is 49.5. The van der Waals surface area contributed by atoms with Crippen LogP contribution >= 0.6 is 0 Å². The second-order valence-corrected chi connectivity index (χ2v) is 15.5. The summed E-state index contributed by atoms with van der Waals surface area (Å²) in [4.78, 5) is 0. The monoisotopic (exact) mass is 706 g/mol. The molecule has 0 spiro atoms. The van der Waals surface area contributed by atoms with Gasteiger partial charge in [0.2, 0.25) is 0 Å². The van der Waals surface area contributed by atoms with Crippen LogP contribution < -0.4 is 27.0 Å². The van der Waals surface area contributed by atoms with Gasteiger partial charge in [-0.1, -0.05) is 173 Å². The van der Waals surface area contributed by atoms with Gasteiger partial charge in [-0.2, -0.15) is 0 Å². The van der Waals surface area contributed by atoms with Crippen molar-refractivity contribution in [3.63, 3.8) is 0 Å². The van der Waals surface area contributed by atoms with Gasteiger partial charge in [0.25, 0.3) is 0 Å². The van der Waals surface area contributed by atoms with Crippen LogP contribution in [-0.2, 0) is 0 Å². The number of nitrogens with two attached hydrogens (primary N) is 1. The van der Waals surface area contributed by atoms with E-state index in [1.807, 2.05) is 0 Å².